The Kier molecular flexibility index (Phi) is 15.1. The SMILES string of the molecule is CCC(CC)C(=O)/C=C(\O)C(CC)CC.Cc1[c-]c(-c2nccc3c(C(C)C)c(-c4ccc(C(C)(C)C)cc4)sc23)cc(C)c1.[Ir]. The first-order valence-corrected chi connectivity index (χ1v) is 17.5. The number of nitrogens with zero attached hydrogens (tertiary/aromatic N) is 1. The smallest absolute Gasteiger partial charge is 0.162 e. The molecule has 4 rings (SSSR count). The van der Waals surface area contributed by atoms with Gasteiger partial charge in [0.1, 0.15) is 0 Å². The van der Waals surface area contributed by atoms with Crippen LogP contribution in [-0.2, 0) is 30.3 Å². The van der Waals surface area contributed by atoms with Crippen LogP contribution in [0.1, 0.15) is 116 Å². The molecule has 0 aliphatic carbocycles. The van der Waals surface area contributed by atoms with Crippen molar-refractivity contribution in [3.63, 3.8) is 0 Å². The Morgan fingerprint density at radius 3 is 2.02 bits per heavy atom. The molecule has 2 heterocycles. The molecule has 4 aromatic rings. The van der Waals surface area contributed by atoms with Crippen LogP contribution in [0, 0.1) is 31.7 Å². The van der Waals surface area contributed by atoms with E-state index >= 15 is 0 Å². The molecule has 1 radical (unpaired) electrons. The molecule has 0 saturated heterocycles. The van der Waals surface area contributed by atoms with E-state index in [1.165, 1.54) is 43.3 Å². The van der Waals surface area contributed by atoms with Crippen LogP contribution in [-0.4, -0.2) is 15.9 Å². The van der Waals surface area contributed by atoms with E-state index in [0.29, 0.717) is 5.92 Å². The number of benzene rings is 2. The Morgan fingerprint density at radius 2 is 1.52 bits per heavy atom. The third-order valence-corrected chi connectivity index (χ3v) is 10.00. The van der Waals surface area contributed by atoms with Gasteiger partial charge in [-0.25, -0.2) is 0 Å². The molecule has 46 heavy (non-hydrogen) atoms. The van der Waals surface area contributed by atoms with Crippen molar-refractivity contribution in [1.29, 1.82) is 0 Å². The number of ketones is 1. The molecule has 0 fully saturated rings. The Morgan fingerprint density at radius 1 is 0.935 bits per heavy atom. The van der Waals surface area contributed by atoms with E-state index in [0.717, 1.165) is 42.5 Å². The van der Waals surface area contributed by atoms with E-state index in [1.54, 1.807) is 0 Å². The number of aryl methyl sites for hydroxylation is 2. The normalized spacial score (nSPS) is 12.0. The number of hydrogen-bond acceptors (Lipinski definition) is 4. The van der Waals surface area contributed by atoms with E-state index in [2.05, 4.69) is 97.0 Å². The minimum Gasteiger partial charge on any atom is -0.512 e. The fraction of sp³-hybridized carbons (Fsp3) is 0.463. The molecule has 0 atom stereocenters. The summed E-state index contributed by atoms with van der Waals surface area (Å²) in [5.74, 6) is 0.987. The molecule has 2 aromatic heterocycles. The summed E-state index contributed by atoms with van der Waals surface area (Å²) in [6, 6.07) is 19.2. The minimum absolute atomic E-state index is 0. The predicted octanol–water partition coefficient (Wildman–Crippen LogP) is 12.3. The van der Waals surface area contributed by atoms with Crippen molar-refractivity contribution < 1.29 is 30.0 Å². The van der Waals surface area contributed by atoms with Gasteiger partial charge in [-0.15, -0.1) is 46.2 Å². The van der Waals surface area contributed by atoms with E-state index in [1.807, 2.05) is 45.2 Å². The first-order valence-electron chi connectivity index (χ1n) is 16.7. The second kappa shape index (κ2) is 17.5. The molecule has 2 aromatic carbocycles. The third kappa shape index (κ3) is 9.72. The largest absolute Gasteiger partial charge is 0.512 e. The maximum Gasteiger partial charge on any atom is 0.162 e. The van der Waals surface area contributed by atoms with Gasteiger partial charge in [0.2, 0.25) is 0 Å². The fourth-order valence-electron chi connectivity index (χ4n) is 5.95. The molecule has 5 heteroatoms. The van der Waals surface area contributed by atoms with E-state index in [4.69, 9.17) is 4.98 Å². The molecule has 0 saturated carbocycles. The number of fused-ring (bicyclic) bond motifs is 1. The average molecular weight is 817 g/mol. The number of hydrogen-bond donors (Lipinski definition) is 1. The summed E-state index contributed by atoms with van der Waals surface area (Å²) in [6.45, 7) is 23.7. The average Bonchev–Trinajstić information content (AvgIpc) is 3.38. The van der Waals surface area contributed by atoms with Gasteiger partial charge in [-0.05, 0) is 65.2 Å². The van der Waals surface area contributed by atoms with Gasteiger partial charge < -0.3 is 10.1 Å². The zero-order valence-corrected chi connectivity index (χ0v) is 33.0. The van der Waals surface area contributed by atoms with Crippen LogP contribution in [0.5, 0.6) is 0 Å². The second-order valence-electron chi connectivity index (χ2n) is 13.6. The van der Waals surface area contributed by atoms with E-state index in [-0.39, 0.29) is 48.9 Å². The van der Waals surface area contributed by atoms with Crippen molar-refractivity contribution in [2.75, 3.05) is 0 Å². The summed E-state index contributed by atoms with van der Waals surface area (Å²) in [5.41, 5.74) is 8.78. The summed E-state index contributed by atoms with van der Waals surface area (Å²) < 4.78 is 1.26. The van der Waals surface area contributed by atoms with Crippen molar-refractivity contribution >= 4 is 27.2 Å². The van der Waals surface area contributed by atoms with Gasteiger partial charge in [-0.1, -0.05) is 100 Å². The fourth-order valence-corrected chi connectivity index (χ4v) is 7.41. The molecule has 0 spiro atoms. The summed E-state index contributed by atoms with van der Waals surface area (Å²) >= 11 is 1.87. The molecule has 3 nitrogen and oxygen atoms in total. The molecule has 0 aliphatic heterocycles. The van der Waals surface area contributed by atoms with Crippen molar-refractivity contribution in [2.45, 2.75) is 113 Å². The quantitative estimate of drug-likeness (QED) is 0.0985. The Hall–Kier alpha value is -2.59. The monoisotopic (exact) mass is 817 g/mol. The Bertz CT molecular complexity index is 1580. The van der Waals surface area contributed by atoms with Gasteiger partial charge in [0, 0.05) is 59.5 Å². The van der Waals surface area contributed by atoms with Gasteiger partial charge in [0.05, 0.1) is 5.76 Å². The maximum absolute atomic E-state index is 11.7. The molecule has 0 bridgehead atoms. The number of aliphatic hydroxyl groups is 1. The number of aliphatic hydroxyl groups excluding tert-OH is 1. The van der Waals surface area contributed by atoms with Crippen molar-refractivity contribution in [1.82, 2.24) is 4.98 Å². The molecular weight excluding hydrogens is 763 g/mol. The van der Waals surface area contributed by atoms with Gasteiger partial charge in [-0.2, -0.15) is 0 Å². The number of rotatable bonds is 10. The van der Waals surface area contributed by atoms with Crippen LogP contribution < -0.4 is 0 Å². The molecule has 1 N–H and O–H groups in total. The molecule has 0 aliphatic rings. The Labute approximate surface area is 296 Å². The van der Waals surface area contributed by atoms with Crippen LogP contribution in [0.25, 0.3) is 31.8 Å². The molecular formula is C41H54IrNO2S-. The van der Waals surface area contributed by atoms with Crippen LogP contribution in [0.4, 0.5) is 0 Å². The number of allylic oxidation sites excluding steroid dienone is 2. The van der Waals surface area contributed by atoms with Gasteiger partial charge in [0.25, 0.3) is 0 Å². The zero-order chi connectivity index (χ0) is 33.5. The van der Waals surface area contributed by atoms with E-state index < -0.39 is 0 Å². The number of pyridine rings is 1. The second-order valence-corrected chi connectivity index (χ2v) is 14.6. The van der Waals surface area contributed by atoms with Crippen molar-refractivity contribution in [2.24, 2.45) is 11.8 Å². The molecule has 0 amide bonds. The van der Waals surface area contributed by atoms with Crippen molar-refractivity contribution in [3.8, 4) is 21.7 Å². The predicted molar refractivity (Wildman–Crippen MR) is 195 cm³/mol. The zero-order valence-electron chi connectivity index (χ0n) is 29.8. The van der Waals surface area contributed by atoms with Crippen molar-refractivity contribution in [3.05, 3.63) is 88.8 Å². The molecule has 0 unspecified atom stereocenters. The minimum atomic E-state index is 0. The number of carbonyl (C=O) groups excluding carboxylic acids is 1. The standard InChI is InChI=1S/C28H30NS.C13H24O2.Ir/c1-17(2)24-23-12-13-29-25(21-15-18(3)14-19(4)16-21)27(23)30-26(24)20-8-10-22(11-9-20)28(5,6)7;1-5-10(6-2)12(14)9-13(15)11(7-3)8-4;/h8-15,17H,1-7H3;9-11,14H,5-8H2,1-4H3;/q-1;;/b;12-9-;. The van der Waals surface area contributed by atoms with Crippen LogP contribution in [0.15, 0.2) is 60.5 Å². The number of aromatic nitrogens is 1. The topological polar surface area (TPSA) is 50.2 Å². The first-order chi connectivity index (χ1) is 21.2. The Balaban J connectivity index is 0.000000394. The van der Waals surface area contributed by atoms with E-state index in [9.17, 15) is 9.90 Å². The number of carbonyl (C=O) groups is 1. The summed E-state index contributed by atoms with van der Waals surface area (Å²) in [7, 11) is 0. The van der Waals surface area contributed by atoms with Crippen LogP contribution >= 0.6 is 11.3 Å². The summed E-state index contributed by atoms with van der Waals surface area (Å²) in [5, 5.41) is 11.1. The van der Waals surface area contributed by atoms with Crippen LogP contribution in [0.2, 0.25) is 0 Å². The number of thiophene rings is 1. The molecule has 251 valence electrons. The van der Waals surface area contributed by atoms with Gasteiger partial charge >= 0.3 is 0 Å². The summed E-state index contributed by atoms with van der Waals surface area (Å²) in [6.07, 6.45) is 6.86. The maximum atomic E-state index is 11.7. The van der Waals surface area contributed by atoms with Gasteiger partial charge in [0.15, 0.2) is 5.78 Å². The summed E-state index contributed by atoms with van der Waals surface area (Å²) in [4.78, 5) is 17.9. The van der Waals surface area contributed by atoms with Gasteiger partial charge in [-0.3, -0.25) is 4.79 Å². The first kappa shape index (κ1) is 39.6. The van der Waals surface area contributed by atoms with Crippen LogP contribution in [0.3, 0.4) is 0 Å². The third-order valence-electron chi connectivity index (χ3n) is 8.72.